The fourth-order valence-corrected chi connectivity index (χ4v) is 1.95. The molecule has 1 aromatic rings. The van der Waals surface area contributed by atoms with Crippen LogP contribution < -0.4 is 5.32 Å². The molecule has 0 atom stereocenters. The minimum absolute atomic E-state index is 0.105. The molecule has 0 fully saturated rings. The van der Waals surface area contributed by atoms with E-state index in [2.05, 4.69) is 5.32 Å². The van der Waals surface area contributed by atoms with Crippen LogP contribution in [0.5, 0.6) is 0 Å². The Bertz CT molecular complexity index is 406. The molecule has 0 amide bonds. The lowest BCUT2D eigenvalue weighted by molar-refractivity contribution is -0.137. The quantitative estimate of drug-likeness (QED) is 0.598. The Hall–Kier alpha value is -1.21. The molecule has 0 saturated heterocycles. The fraction of sp³-hybridized carbons (Fsp3) is 0.417. The maximum absolute atomic E-state index is 12.1. The van der Waals surface area contributed by atoms with Crippen LogP contribution in [0.15, 0.2) is 29.2 Å². The lowest BCUT2D eigenvalue weighted by atomic mass is 10.2. The van der Waals surface area contributed by atoms with Crippen LogP contribution in [0.4, 0.5) is 13.2 Å². The van der Waals surface area contributed by atoms with Gasteiger partial charge in [0, 0.05) is 17.9 Å². The molecule has 19 heavy (non-hydrogen) atoms. The van der Waals surface area contributed by atoms with E-state index in [0.29, 0.717) is 19.5 Å². The van der Waals surface area contributed by atoms with Crippen LogP contribution in [0.25, 0.3) is 0 Å². The molecule has 0 bridgehead atoms. The number of carbonyl (C=O) groups is 1. The summed E-state index contributed by atoms with van der Waals surface area (Å²) in [6, 6.07) is 6.09. The summed E-state index contributed by atoms with van der Waals surface area (Å²) in [5.41, 5.74) is -3.40. The molecule has 0 aliphatic carbocycles. The van der Waals surface area contributed by atoms with Gasteiger partial charge >= 0.3 is 11.5 Å². The first-order valence-corrected chi connectivity index (χ1v) is 6.46. The summed E-state index contributed by atoms with van der Waals surface area (Å²) in [7, 11) is 0. The molecule has 7 heteroatoms. The van der Waals surface area contributed by atoms with Crippen molar-refractivity contribution in [3.63, 3.8) is 0 Å². The van der Waals surface area contributed by atoms with Crippen LogP contribution in [0, 0.1) is 0 Å². The highest BCUT2D eigenvalue weighted by Gasteiger charge is 2.28. The minimum Gasteiger partial charge on any atom is -0.481 e. The third-order valence-electron chi connectivity index (χ3n) is 2.23. The van der Waals surface area contributed by atoms with Crippen molar-refractivity contribution in [2.24, 2.45) is 0 Å². The van der Waals surface area contributed by atoms with Crippen molar-refractivity contribution in [2.75, 3.05) is 6.54 Å². The molecular formula is C12H14F3NO2S. The summed E-state index contributed by atoms with van der Waals surface area (Å²) < 4.78 is 36.3. The van der Waals surface area contributed by atoms with Crippen molar-refractivity contribution in [1.82, 2.24) is 5.32 Å². The number of aliphatic carboxylic acids is 1. The molecule has 0 radical (unpaired) electrons. The molecule has 0 aliphatic heterocycles. The summed E-state index contributed by atoms with van der Waals surface area (Å²) in [4.78, 5) is 10.4. The number of hydrogen-bond donors (Lipinski definition) is 2. The predicted molar refractivity (Wildman–Crippen MR) is 66.9 cm³/mol. The Labute approximate surface area is 113 Å². The number of thioether (sulfide) groups is 1. The molecule has 0 aliphatic rings. The van der Waals surface area contributed by atoms with Gasteiger partial charge < -0.3 is 10.4 Å². The van der Waals surface area contributed by atoms with E-state index < -0.39 is 11.5 Å². The van der Waals surface area contributed by atoms with E-state index >= 15 is 0 Å². The maximum atomic E-state index is 12.1. The first kappa shape index (κ1) is 15.8. The van der Waals surface area contributed by atoms with Gasteiger partial charge in [-0.1, -0.05) is 12.1 Å². The summed E-state index contributed by atoms with van der Waals surface area (Å²) in [6.07, 6.45) is 0.630. The first-order valence-electron chi connectivity index (χ1n) is 5.64. The predicted octanol–water partition coefficient (Wildman–Crippen LogP) is 3.25. The molecule has 1 rings (SSSR count). The molecular weight excluding hydrogens is 279 g/mol. The number of nitrogens with one attached hydrogen (secondary N) is 1. The largest absolute Gasteiger partial charge is 0.481 e. The van der Waals surface area contributed by atoms with Crippen LogP contribution in [-0.4, -0.2) is 23.1 Å². The van der Waals surface area contributed by atoms with Gasteiger partial charge in [0.25, 0.3) is 0 Å². The zero-order valence-corrected chi connectivity index (χ0v) is 10.9. The fourth-order valence-electron chi connectivity index (χ4n) is 1.41. The van der Waals surface area contributed by atoms with E-state index in [9.17, 15) is 18.0 Å². The van der Waals surface area contributed by atoms with Crippen LogP contribution in [0.1, 0.15) is 18.4 Å². The van der Waals surface area contributed by atoms with E-state index in [1.807, 2.05) is 0 Å². The number of rotatable bonds is 7. The molecule has 106 valence electrons. The molecule has 1 aromatic carbocycles. The monoisotopic (exact) mass is 293 g/mol. The second-order valence-corrected chi connectivity index (χ2v) is 5.00. The number of carboxylic acids is 1. The lowest BCUT2D eigenvalue weighted by Gasteiger charge is -2.07. The molecule has 2 N–H and O–H groups in total. The third-order valence-corrected chi connectivity index (χ3v) is 2.97. The van der Waals surface area contributed by atoms with Gasteiger partial charge in [0.2, 0.25) is 0 Å². The highest BCUT2D eigenvalue weighted by Crippen LogP contribution is 2.36. The van der Waals surface area contributed by atoms with E-state index in [1.165, 1.54) is 12.1 Å². The number of halogens is 3. The highest BCUT2D eigenvalue weighted by atomic mass is 32.2. The van der Waals surface area contributed by atoms with Crippen molar-refractivity contribution >= 4 is 17.7 Å². The van der Waals surface area contributed by atoms with Gasteiger partial charge in [0.15, 0.2) is 0 Å². The Kier molecular flexibility index (Phi) is 6.17. The Morgan fingerprint density at radius 3 is 2.42 bits per heavy atom. The van der Waals surface area contributed by atoms with Gasteiger partial charge in [0.05, 0.1) is 0 Å². The SMILES string of the molecule is O=C(O)CCCNCc1ccc(SC(F)(F)F)cc1. The van der Waals surface area contributed by atoms with Crippen molar-refractivity contribution in [1.29, 1.82) is 0 Å². The van der Waals surface area contributed by atoms with E-state index in [1.54, 1.807) is 12.1 Å². The zero-order valence-electron chi connectivity index (χ0n) is 10.0. The minimum atomic E-state index is -4.27. The summed E-state index contributed by atoms with van der Waals surface area (Å²) in [5, 5.41) is 11.5. The van der Waals surface area contributed by atoms with Gasteiger partial charge in [-0.25, -0.2) is 0 Å². The Morgan fingerprint density at radius 1 is 1.26 bits per heavy atom. The van der Waals surface area contributed by atoms with Crippen LogP contribution in [-0.2, 0) is 11.3 Å². The molecule has 0 spiro atoms. The average Bonchev–Trinajstić information content (AvgIpc) is 2.28. The van der Waals surface area contributed by atoms with Crippen molar-refractivity contribution in [3.8, 4) is 0 Å². The molecule has 3 nitrogen and oxygen atoms in total. The first-order chi connectivity index (χ1) is 8.87. The molecule has 0 aromatic heterocycles. The lowest BCUT2D eigenvalue weighted by Crippen LogP contribution is -2.15. The average molecular weight is 293 g/mol. The normalized spacial score (nSPS) is 11.5. The summed E-state index contributed by atoms with van der Waals surface area (Å²) >= 11 is -0.141. The van der Waals surface area contributed by atoms with Crippen molar-refractivity contribution < 1.29 is 23.1 Å². The molecule has 0 unspecified atom stereocenters. The van der Waals surface area contributed by atoms with Gasteiger partial charge in [-0.3, -0.25) is 4.79 Å². The van der Waals surface area contributed by atoms with E-state index in [4.69, 9.17) is 5.11 Å². The van der Waals surface area contributed by atoms with Gasteiger partial charge in [-0.2, -0.15) is 13.2 Å². The molecule has 0 heterocycles. The molecule has 0 saturated carbocycles. The topological polar surface area (TPSA) is 49.3 Å². The van der Waals surface area contributed by atoms with Crippen molar-refractivity contribution in [3.05, 3.63) is 29.8 Å². The highest BCUT2D eigenvalue weighted by molar-refractivity contribution is 8.00. The number of hydrogen-bond acceptors (Lipinski definition) is 3. The maximum Gasteiger partial charge on any atom is 0.446 e. The number of alkyl halides is 3. The zero-order chi connectivity index (χ0) is 14.3. The third kappa shape index (κ3) is 7.74. The van der Waals surface area contributed by atoms with E-state index in [0.717, 1.165) is 5.56 Å². The summed E-state index contributed by atoms with van der Waals surface area (Å²) in [6.45, 7) is 1.07. The second kappa shape index (κ2) is 7.40. The van der Waals surface area contributed by atoms with Crippen LogP contribution >= 0.6 is 11.8 Å². The summed E-state index contributed by atoms with van der Waals surface area (Å²) in [5.74, 6) is -0.838. The Balaban J connectivity index is 2.30. The smallest absolute Gasteiger partial charge is 0.446 e. The Morgan fingerprint density at radius 2 is 1.89 bits per heavy atom. The number of carboxylic acid groups (broad SMARTS) is 1. The second-order valence-electron chi connectivity index (χ2n) is 3.87. The van der Waals surface area contributed by atoms with Gasteiger partial charge in [-0.05, 0) is 42.4 Å². The standard InChI is InChI=1S/C12H14F3NO2S/c13-12(14,15)19-10-5-3-9(4-6-10)8-16-7-1-2-11(17)18/h3-6,16H,1-2,7-8H2,(H,17,18). The van der Waals surface area contributed by atoms with Crippen LogP contribution in [0.2, 0.25) is 0 Å². The van der Waals surface area contributed by atoms with Gasteiger partial charge in [0.1, 0.15) is 0 Å². The number of benzene rings is 1. The van der Waals surface area contributed by atoms with Crippen molar-refractivity contribution in [2.45, 2.75) is 29.8 Å². The van der Waals surface area contributed by atoms with Crippen LogP contribution in [0.3, 0.4) is 0 Å². The van der Waals surface area contributed by atoms with Gasteiger partial charge in [-0.15, -0.1) is 0 Å². The van der Waals surface area contributed by atoms with E-state index in [-0.39, 0.29) is 23.1 Å².